The molecule has 7 atom stereocenters. The zero-order valence-corrected chi connectivity index (χ0v) is 32.0. The van der Waals surface area contributed by atoms with E-state index >= 15 is 0 Å². The minimum atomic E-state index is -1.24. The fourth-order valence-corrected chi connectivity index (χ4v) is 9.38. The maximum absolute atomic E-state index is 15.0. The normalized spacial score (nSPS) is 26.3. The first-order chi connectivity index (χ1) is 23.6. The number of likely N-dealkylation sites (tertiary alicyclic amines) is 1. The lowest BCUT2D eigenvalue weighted by atomic mass is 9.70. The molecule has 276 valence electrons. The molecule has 2 bridgehead atoms. The third-order valence-electron chi connectivity index (χ3n) is 10.1. The van der Waals surface area contributed by atoms with Crippen LogP contribution in [-0.4, -0.2) is 93.0 Å². The summed E-state index contributed by atoms with van der Waals surface area (Å²) in [6.07, 6.45) is 5.62. The minimum Gasteiger partial charge on any atom is -0.455 e. The van der Waals surface area contributed by atoms with Crippen molar-refractivity contribution in [2.45, 2.75) is 114 Å². The number of amides is 3. The van der Waals surface area contributed by atoms with Gasteiger partial charge in [-0.1, -0.05) is 79.2 Å². The van der Waals surface area contributed by atoms with Crippen molar-refractivity contribution < 1.29 is 33.8 Å². The van der Waals surface area contributed by atoms with Gasteiger partial charge in [0.05, 0.1) is 24.5 Å². The second kappa shape index (κ2) is 16.5. The monoisotopic (exact) mass is 757 g/mol. The van der Waals surface area contributed by atoms with E-state index in [2.05, 4.69) is 55.2 Å². The largest absolute Gasteiger partial charge is 0.455 e. The first-order valence-corrected chi connectivity index (χ1v) is 18.8. The molecule has 0 aromatic heterocycles. The van der Waals surface area contributed by atoms with Crippen molar-refractivity contribution in [2.75, 3.05) is 26.2 Å². The van der Waals surface area contributed by atoms with E-state index in [-0.39, 0.29) is 54.1 Å². The minimum absolute atomic E-state index is 0.0399. The molecule has 3 aliphatic heterocycles. The molecule has 1 aromatic carbocycles. The van der Waals surface area contributed by atoms with E-state index < -0.39 is 47.2 Å². The van der Waals surface area contributed by atoms with Crippen molar-refractivity contribution in [3.05, 3.63) is 61.2 Å². The summed E-state index contributed by atoms with van der Waals surface area (Å²) in [5.74, 6) is -3.19. The lowest BCUT2D eigenvalue weighted by Crippen LogP contribution is -2.61. The van der Waals surface area contributed by atoms with Crippen molar-refractivity contribution >= 4 is 39.6 Å². The summed E-state index contributed by atoms with van der Waals surface area (Å²) in [6, 6.07) is 8.23. The quantitative estimate of drug-likeness (QED) is 0.0878. The first-order valence-electron chi connectivity index (χ1n) is 17.9. The number of aliphatic hydroxyl groups excluding tert-OH is 1. The van der Waals surface area contributed by atoms with Gasteiger partial charge in [-0.2, -0.15) is 0 Å². The summed E-state index contributed by atoms with van der Waals surface area (Å²) < 4.78 is 12.9. The highest BCUT2D eigenvalue weighted by Gasteiger charge is 2.77. The average molecular weight is 759 g/mol. The van der Waals surface area contributed by atoms with Crippen molar-refractivity contribution in [2.24, 2.45) is 17.3 Å². The molecule has 3 aliphatic rings. The van der Waals surface area contributed by atoms with Gasteiger partial charge in [-0.15, -0.1) is 13.2 Å². The Morgan fingerprint density at radius 2 is 1.84 bits per heavy atom. The smallest absolute Gasteiger partial charge is 0.313 e. The van der Waals surface area contributed by atoms with Gasteiger partial charge in [-0.3, -0.25) is 19.2 Å². The number of carbonyl (C=O) groups excluding carboxylic acids is 4. The number of esters is 1. The van der Waals surface area contributed by atoms with E-state index in [1.807, 2.05) is 49.1 Å². The number of rotatable bonds is 18. The summed E-state index contributed by atoms with van der Waals surface area (Å²) in [4.78, 5) is 59.6. The van der Waals surface area contributed by atoms with Gasteiger partial charge in [0.25, 0.3) is 0 Å². The first kappa shape index (κ1) is 39.8. The Morgan fingerprint density at radius 3 is 2.46 bits per heavy atom. The molecule has 2 N–H and O–H groups in total. The van der Waals surface area contributed by atoms with Crippen LogP contribution in [0.25, 0.3) is 0 Å². The Morgan fingerprint density at radius 1 is 1.14 bits per heavy atom. The Hall–Kier alpha value is -3.02. The zero-order chi connectivity index (χ0) is 36.9. The number of aliphatic hydroxyl groups is 1. The fraction of sp³-hybridized carbons (Fsp3) is 0.641. The summed E-state index contributed by atoms with van der Waals surface area (Å²) >= 11 is 3.76. The molecular weight excluding hydrogens is 702 g/mol. The number of benzene rings is 1. The van der Waals surface area contributed by atoms with Crippen LogP contribution in [0.3, 0.4) is 0 Å². The van der Waals surface area contributed by atoms with Crippen LogP contribution >= 0.6 is 15.9 Å². The Balaban J connectivity index is 1.70. The van der Waals surface area contributed by atoms with Crippen LogP contribution in [0.2, 0.25) is 0 Å². The van der Waals surface area contributed by atoms with Crippen LogP contribution in [0.4, 0.5) is 0 Å². The van der Waals surface area contributed by atoms with Gasteiger partial charge in [0, 0.05) is 36.5 Å². The third kappa shape index (κ3) is 8.53. The number of allylic oxidation sites excluding steroid dienone is 1. The number of halogens is 1. The molecule has 3 saturated heterocycles. The zero-order valence-electron chi connectivity index (χ0n) is 30.4. The molecule has 3 heterocycles. The number of alkyl halides is 1. The van der Waals surface area contributed by atoms with Gasteiger partial charge < -0.3 is 29.7 Å². The van der Waals surface area contributed by atoms with Crippen molar-refractivity contribution in [3.8, 4) is 0 Å². The van der Waals surface area contributed by atoms with Crippen LogP contribution in [0.15, 0.2) is 55.6 Å². The van der Waals surface area contributed by atoms with Gasteiger partial charge in [0.15, 0.2) is 0 Å². The highest BCUT2D eigenvalue weighted by Crippen LogP contribution is 2.60. The Labute approximate surface area is 306 Å². The second-order valence-corrected chi connectivity index (χ2v) is 16.9. The lowest BCUT2D eigenvalue weighted by Gasteiger charge is -2.45. The van der Waals surface area contributed by atoms with E-state index in [0.29, 0.717) is 50.6 Å². The molecule has 0 aliphatic carbocycles. The number of ether oxygens (including phenoxy) is 2. The number of nitrogens with one attached hydrogen (secondary N) is 1. The predicted molar refractivity (Wildman–Crippen MR) is 196 cm³/mol. The van der Waals surface area contributed by atoms with Crippen molar-refractivity contribution in [3.63, 3.8) is 0 Å². The van der Waals surface area contributed by atoms with E-state index in [0.717, 1.165) is 0 Å². The molecule has 4 rings (SSSR count). The molecule has 1 unspecified atom stereocenters. The van der Waals surface area contributed by atoms with Gasteiger partial charge in [0.1, 0.15) is 17.7 Å². The SMILES string of the molecule is C=CCCC(=O)NC[C@@H](OC(=O)[C@H]1[C@@H]2O[C@@]3(CC2Br)[C@@H]1C(=O)N(CCCCCO)[C@@H]3C(=O)N(CC=C)C(C)(C)CC(C)(C)C)c1ccccc1. The molecule has 1 aromatic rings. The van der Waals surface area contributed by atoms with Gasteiger partial charge in [-0.25, -0.2) is 0 Å². The number of nitrogens with zero attached hydrogens (tertiary/aromatic N) is 2. The highest BCUT2D eigenvalue weighted by molar-refractivity contribution is 9.09. The highest BCUT2D eigenvalue weighted by atomic mass is 79.9. The van der Waals surface area contributed by atoms with Crippen LogP contribution in [-0.2, 0) is 28.7 Å². The lowest BCUT2D eigenvalue weighted by molar-refractivity contribution is -0.160. The molecule has 0 radical (unpaired) electrons. The Bertz CT molecular complexity index is 1400. The number of fused-ring (bicyclic) bond motifs is 1. The average Bonchev–Trinajstić information content (AvgIpc) is 3.64. The summed E-state index contributed by atoms with van der Waals surface area (Å²) in [6.45, 7) is 18.8. The van der Waals surface area contributed by atoms with Crippen molar-refractivity contribution in [1.82, 2.24) is 15.1 Å². The molecule has 1 spiro atoms. The Kier molecular flexibility index (Phi) is 13.2. The fourth-order valence-electron chi connectivity index (χ4n) is 8.44. The second-order valence-electron chi connectivity index (χ2n) is 15.7. The van der Waals surface area contributed by atoms with E-state index in [1.165, 1.54) is 0 Å². The standard InChI is InChI=1S/C39H56BrN3O7/c1-8-10-19-29(45)41-24-28(26-17-13-11-14-18-26)49-36(48)30-31-34(46)42(21-15-12-16-22-44)33(39(31)23-27(40)32(30)50-39)35(47)43(20-9-2)38(6,7)25-37(3,4)5/h8-9,11,13-14,17-18,27-28,30-33,44H,1-2,10,12,15-16,19-25H2,3-7H3,(H,41,45)/t27?,28-,30-,31+,32-,33-,39+/m1/s1. The summed E-state index contributed by atoms with van der Waals surface area (Å²) in [5, 5.41) is 12.3. The van der Waals surface area contributed by atoms with Gasteiger partial charge in [-0.05, 0) is 63.4 Å². The van der Waals surface area contributed by atoms with Crippen LogP contribution in [0.5, 0.6) is 0 Å². The maximum Gasteiger partial charge on any atom is 0.313 e. The topological polar surface area (TPSA) is 125 Å². The van der Waals surface area contributed by atoms with Crippen LogP contribution in [0, 0.1) is 17.3 Å². The summed E-state index contributed by atoms with van der Waals surface area (Å²) in [5.41, 5.74) is -1.20. The molecule has 11 heteroatoms. The molecular formula is C39H56BrN3O7. The molecule has 0 saturated carbocycles. The van der Waals surface area contributed by atoms with Gasteiger partial charge in [0.2, 0.25) is 17.7 Å². The number of hydrogen-bond acceptors (Lipinski definition) is 7. The molecule has 3 fully saturated rings. The van der Waals surface area contributed by atoms with Gasteiger partial charge >= 0.3 is 5.97 Å². The maximum atomic E-state index is 15.0. The molecule has 10 nitrogen and oxygen atoms in total. The molecule has 50 heavy (non-hydrogen) atoms. The van der Waals surface area contributed by atoms with E-state index in [1.54, 1.807) is 17.1 Å². The van der Waals surface area contributed by atoms with Crippen molar-refractivity contribution in [1.29, 1.82) is 0 Å². The van der Waals surface area contributed by atoms with E-state index in [9.17, 15) is 24.3 Å². The van der Waals surface area contributed by atoms with Crippen LogP contribution < -0.4 is 5.32 Å². The number of carbonyl (C=O) groups is 4. The van der Waals surface area contributed by atoms with E-state index in [4.69, 9.17) is 9.47 Å². The third-order valence-corrected chi connectivity index (χ3v) is 11.0. The number of unbranched alkanes of at least 4 members (excludes halogenated alkanes) is 2. The van der Waals surface area contributed by atoms with Crippen LogP contribution in [0.1, 0.15) is 91.2 Å². The number of hydrogen-bond donors (Lipinski definition) is 2. The summed E-state index contributed by atoms with van der Waals surface area (Å²) in [7, 11) is 0. The predicted octanol–water partition coefficient (Wildman–Crippen LogP) is 5.49. The molecule has 3 amide bonds.